The lowest BCUT2D eigenvalue weighted by molar-refractivity contribution is -0.712. The van der Waals surface area contributed by atoms with Crippen LogP contribution in [0.2, 0.25) is 0 Å². The monoisotopic (exact) mass is 483 g/mol. The van der Waals surface area contributed by atoms with E-state index in [-0.39, 0.29) is 5.82 Å². The van der Waals surface area contributed by atoms with Crippen molar-refractivity contribution in [2.45, 2.75) is 19.6 Å². The molecule has 0 bridgehead atoms. The summed E-state index contributed by atoms with van der Waals surface area (Å²) in [5.74, 6) is 1.11. The zero-order valence-corrected chi connectivity index (χ0v) is 18.9. The van der Waals surface area contributed by atoms with Gasteiger partial charge in [-0.3, -0.25) is 19.8 Å². The Morgan fingerprint density at radius 2 is 2.03 bits per heavy atom. The highest BCUT2D eigenvalue weighted by atomic mass is 31.2. The van der Waals surface area contributed by atoms with Crippen molar-refractivity contribution in [3.05, 3.63) is 84.1 Å². The van der Waals surface area contributed by atoms with Gasteiger partial charge >= 0.3 is 0 Å². The van der Waals surface area contributed by atoms with E-state index in [0.717, 1.165) is 11.3 Å². The van der Waals surface area contributed by atoms with Gasteiger partial charge in [0.1, 0.15) is 5.56 Å². The number of nitrogens with two attached hydrogens (primary N) is 1. The molecule has 0 radical (unpaired) electrons. The standard InChI is InChI=1S/C22H22N5O6P/c23-22-19(5-3-10-27(22)15-32-34(28,29)30)20-13-18(26-33-20)12-16-6-7-21(25-14-16)31-11-8-17-4-1-2-9-24-17/h1-7,9-10,13-14,23H,8,11-12,15H2,(H2,28,29,30). The fourth-order valence-electron chi connectivity index (χ4n) is 3.16. The maximum Gasteiger partial charge on any atom is 0.285 e. The van der Waals surface area contributed by atoms with Gasteiger partial charge in [-0.1, -0.05) is 17.3 Å². The molecule has 176 valence electrons. The normalized spacial score (nSPS) is 12.9. The van der Waals surface area contributed by atoms with Crippen LogP contribution in [-0.2, 0) is 28.7 Å². The molecule has 0 fully saturated rings. The Morgan fingerprint density at radius 3 is 2.76 bits per heavy atom. The first-order valence-corrected chi connectivity index (χ1v) is 11.8. The lowest BCUT2D eigenvalue weighted by atomic mass is 10.1. The van der Waals surface area contributed by atoms with Crippen molar-refractivity contribution in [2.24, 2.45) is 0 Å². The van der Waals surface area contributed by atoms with Crippen LogP contribution in [0.1, 0.15) is 17.0 Å². The van der Waals surface area contributed by atoms with E-state index in [2.05, 4.69) is 19.6 Å². The van der Waals surface area contributed by atoms with Crippen molar-refractivity contribution in [3.8, 4) is 17.2 Å². The molecule has 4 rings (SSSR count). The molecule has 0 aliphatic rings. The number of pyridine rings is 3. The van der Waals surface area contributed by atoms with E-state index in [0.29, 0.717) is 42.3 Å². The molecule has 34 heavy (non-hydrogen) atoms. The Morgan fingerprint density at radius 1 is 1.15 bits per heavy atom. The largest absolute Gasteiger partial charge is 0.756 e. The summed E-state index contributed by atoms with van der Waals surface area (Å²) >= 11 is 0. The zero-order chi connectivity index (χ0) is 24.0. The van der Waals surface area contributed by atoms with E-state index in [1.807, 2.05) is 24.3 Å². The first kappa shape index (κ1) is 23.5. The molecule has 0 aliphatic carbocycles. The number of hydrogen-bond acceptors (Lipinski definition) is 9. The predicted molar refractivity (Wildman–Crippen MR) is 118 cm³/mol. The fourth-order valence-corrected chi connectivity index (χ4v) is 3.43. The van der Waals surface area contributed by atoms with Crippen LogP contribution in [0.25, 0.3) is 11.3 Å². The van der Waals surface area contributed by atoms with Crippen LogP contribution >= 0.6 is 7.82 Å². The Hall–Kier alpha value is -3.63. The third kappa shape index (κ3) is 6.46. The van der Waals surface area contributed by atoms with Gasteiger partial charge < -0.3 is 19.0 Å². The van der Waals surface area contributed by atoms with Gasteiger partial charge in [0, 0.05) is 43.1 Å². The first-order chi connectivity index (χ1) is 16.4. The Kier molecular flexibility index (Phi) is 7.29. The molecular formula is C22H22N5O6P. The Balaban J connectivity index is 1.36. The minimum absolute atomic E-state index is 0.188. The van der Waals surface area contributed by atoms with E-state index in [9.17, 15) is 9.46 Å². The van der Waals surface area contributed by atoms with Crippen molar-refractivity contribution < 1.29 is 32.7 Å². The second kappa shape index (κ2) is 10.5. The number of hydrogen-bond donors (Lipinski definition) is 2. The van der Waals surface area contributed by atoms with E-state index in [1.165, 1.54) is 10.8 Å². The molecule has 3 N–H and O–H groups in total. The number of rotatable bonds is 10. The van der Waals surface area contributed by atoms with Crippen molar-refractivity contribution in [3.63, 3.8) is 0 Å². The van der Waals surface area contributed by atoms with Gasteiger partial charge in [-0.15, -0.1) is 0 Å². The fraction of sp³-hybridized carbons (Fsp3) is 0.182. The minimum atomic E-state index is -4.88. The second-order valence-corrected chi connectivity index (χ2v) is 8.48. The summed E-state index contributed by atoms with van der Waals surface area (Å²) in [4.78, 5) is 28.2. The average molecular weight is 483 g/mol. The van der Waals surface area contributed by atoms with Crippen LogP contribution in [0, 0.1) is 0 Å². The lowest BCUT2D eigenvalue weighted by Gasteiger charge is -2.14. The summed E-state index contributed by atoms with van der Waals surface area (Å²) < 4.78 is 27.7. The molecule has 0 saturated carbocycles. The lowest BCUT2D eigenvalue weighted by Crippen LogP contribution is -2.38. The summed E-state index contributed by atoms with van der Waals surface area (Å²) in [6.45, 7) is 0.00408. The quantitative estimate of drug-likeness (QED) is 0.251. The van der Waals surface area contributed by atoms with E-state index >= 15 is 0 Å². The van der Waals surface area contributed by atoms with Crippen LogP contribution in [0.3, 0.4) is 0 Å². The van der Waals surface area contributed by atoms with Crippen LogP contribution in [0.5, 0.6) is 5.88 Å². The number of nitrogen functional groups attached to an aromatic ring is 1. The SMILES string of the molecule is Nc1c(-c2cc(Cc3ccc(OCCc4ccccn4)nc3)no2)ccc[n+]1COP(=O)([O-])O. The van der Waals surface area contributed by atoms with E-state index in [4.69, 9.17) is 19.9 Å². The molecule has 0 saturated heterocycles. The van der Waals surface area contributed by atoms with Gasteiger partial charge in [0.15, 0.2) is 12.5 Å². The highest BCUT2D eigenvalue weighted by Gasteiger charge is 2.18. The van der Waals surface area contributed by atoms with Crippen molar-refractivity contribution in [2.75, 3.05) is 12.3 Å². The smallest absolute Gasteiger partial charge is 0.285 e. The Labute approximate surface area is 195 Å². The van der Waals surface area contributed by atoms with Gasteiger partial charge in [-0.2, -0.15) is 0 Å². The van der Waals surface area contributed by atoms with E-state index < -0.39 is 14.6 Å². The molecule has 0 aliphatic heterocycles. The molecule has 4 aromatic heterocycles. The molecule has 4 heterocycles. The molecular weight excluding hydrogens is 461 g/mol. The number of aromatic nitrogens is 4. The molecule has 11 nitrogen and oxygen atoms in total. The summed E-state index contributed by atoms with van der Waals surface area (Å²) in [6, 6.07) is 14.5. The van der Waals surface area contributed by atoms with Crippen molar-refractivity contribution in [1.82, 2.24) is 15.1 Å². The maximum atomic E-state index is 10.8. The molecule has 1 unspecified atom stereocenters. The third-order valence-electron chi connectivity index (χ3n) is 4.82. The van der Waals surface area contributed by atoms with Gasteiger partial charge in [0.05, 0.1) is 18.5 Å². The number of phosphoric acid groups is 1. The van der Waals surface area contributed by atoms with Gasteiger partial charge in [0.2, 0.25) is 5.88 Å². The highest BCUT2D eigenvalue weighted by molar-refractivity contribution is 7.44. The minimum Gasteiger partial charge on any atom is -0.756 e. The maximum absolute atomic E-state index is 10.8. The number of nitrogens with zero attached hydrogens (tertiary/aromatic N) is 4. The van der Waals surface area contributed by atoms with E-state index in [1.54, 1.807) is 36.7 Å². The van der Waals surface area contributed by atoms with Crippen LogP contribution in [-0.4, -0.2) is 26.6 Å². The molecule has 0 aromatic carbocycles. The second-order valence-electron chi connectivity index (χ2n) is 7.29. The van der Waals surface area contributed by atoms with Crippen molar-refractivity contribution in [1.29, 1.82) is 0 Å². The van der Waals surface area contributed by atoms with Gasteiger partial charge in [-0.25, -0.2) is 9.55 Å². The predicted octanol–water partition coefficient (Wildman–Crippen LogP) is 1.65. The van der Waals surface area contributed by atoms with Crippen LogP contribution in [0.15, 0.2) is 71.6 Å². The summed E-state index contributed by atoms with van der Waals surface area (Å²) in [5, 5.41) is 4.08. The summed E-state index contributed by atoms with van der Waals surface area (Å²) in [6.07, 6.45) is 6.14. The van der Waals surface area contributed by atoms with Crippen molar-refractivity contribution >= 4 is 13.6 Å². The highest BCUT2D eigenvalue weighted by Crippen LogP contribution is 2.30. The average Bonchev–Trinajstić information content (AvgIpc) is 3.28. The number of anilines is 1. The van der Waals surface area contributed by atoms with Crippen LogP contribution < -0.4 is 19.9 Å². The topological polar surface area (TPSA) is 161 Å². The summed E-state index contributed by atoms with van der Waals surface area (Å²) in [7, 11) is -4.88. The Bertz CT molecular complexity index is 1280. The molecule has 0 amide bonds. The number of ether oxygens (including phenoxy) is 1. The molecule has 0 spiro atoms. The first-order valence-electron chi connectivity index (χ1n) is 10.3. The van der Waals surface area contributed by atoms with Gasteiger partial charge in [-0.05, 0) is 29.8 Å². The third-order valence-corrected chi connectivity index (χ3v) is 5.26. The molecule has 12 heteroatoms. The van der Waals surface area contributed by atoms with Gasteiger partial charge in [0.25, 0.3) is 13.6 Å². The molecule has 4 aromatic rings. The number of phosphoric ester groups is 1. The van der Waals surface area contributed by atoms with Crippen LogP contribution in [0.4, 0.5) is 5.82 Å². The zero-order valence-electron chi connectivity index (χ0n) is 18.0. The molecule has 1 atom stereocenters. The summed E-state index contributed by atoms with van der Waals surface area (Å²) in [5.41, 5.74) is 9.12.